The number of hydrogen-bond donors (Lipinski definition) is 0. The standard InChI is InChI=1S/C15H18N2O3S2/c18-22(19,14-6-2-1-3-7-14)17(15-16-9-12-21-15)10-8-13-5-4-11-20-13/h1-3,6-7,9,12-13H,4-5,8,10-11H2/t13-/m1/s1. The van der Waals surface area contributed by atoms with E-state index < -0.39 is 10.0 Å². The van der Waals surface area contributed by atoms with Crippen LogP contribution in [0.2, 0.25) is 0 Å². The Labute approximate surface area is 134 Å². The molecular formula is C15H18N2O3S2. The van der Waals surface area contributed by atoms with E-state index >= 15 is 0 Å². The van der Waals surface area contributed by atoms with Crippen molar-refractivity contribution in [3.63, 3.8) is 0 Å². The summed E-state index contributed by atoms with van der Waals surface area (Å²) in [5, 5.41) is 2.29. The second kappa shape index (κ2) is 6.76. The van der Waals surface area contributed by atoms with Crippen LogP contribution in [0.5, 0.6) is 0 Å². The quantitative estimate of drug-likeness (QED) is 0.812. The fraction of sp³-hybridized carbons (Fsp3) is 0.400. The van der Waals surface area contributed by atoms with Gasteiger partial charge in [0.2, 0.25) is 0 Å². The van der Waals surface area contributed by atoms with Gasteiger partial charge in [0, 0.05) is 24.7 Å². The molecule has 0 N–H and O–H groups in total. The molecule has 7 heteroatoms. The average Bonchev–Trinajstić information content (AvgIpc) is 3.21. The van der Waals surface area contributed by atoms with Crippen LogP contribution in [0.1, 0.15) is 19.3 Å². The van der Waals surface area contributed by atoms with E-state index in [0.29, 0.717) is 18.1 Å². The maximum atomic E-state index is 12.9. The SMILES string of the molecule is O=S(=O)(c1ccccc1)N(CC[C@H]1CCCO1)c1nccs1. The van der Waals surface area contributed by atoms with Crippen molar-refractivity contribution in [2.24, 2.45) is 0 Å². The summed E-state index contributed by atoms with van der Waals surface area (Å²) in [7, 11) is -3.59. The number of aromatic nitrogens is 1. The molecule has 2 heterocycles. The molecule has 0 aliphatic carbocycles. The van der Waals surface area contributed by atoms with Crippen LogP contribution in [0.25, 0.3) is 0 Å². The molecule has 0 spiro atoms. The van der Waals surface area contributed by atoms with Gasteiger partial charge in [0.1, 0.15) is 0 Å². The van der Waals surface area contributed by atoms with Crippen molar-refractivity contribution in [1.82, 2.24) is 4.98 Å². The second-order valence-corrected chi connectivity index (χ2v) is 7.86. The number of hydrogen-bond acceptors (Lipinski definition) is 5. The van der Waals surface area contributed by atoms with Gasteiger partial charge in [-0.05, 0) is 31.4 Å². The molecule has 0 amide bonds. The highest BCUT2D eigenvalue weighted by Crippen LogP contribution is 2.27. The molecule has 1 aliphatic heterocycles. The molecule has 0 bridgehead atoms. The van der Waals surface area contributed by atoms with Gasteiger partial charge in [-0.25, -0.2) is 17.7 Å². The van der Waals surface area contributed by atoms with Crippen LogP contribution < -0.4 is 4.31 Å². The minimum atomic E-state index is -3.59. The summed E-state index contributed by atoms with van der Waals surface area (Å²) in [4.78, 5) is 4.47. The minimum Gasteiger partial charge on any atom is -0.378 e. The van der Waals surface area contributed by atoms with Crippen LogP contribution in [-0.4, -0.2) is 32.7 Å². The molecule has 0 unspecified atom stereocenters. The summed E-state index contributed by atoms with van der Waals surface area (Å²) >= 11 is 1.33. The van der Waals surface area contributed by atoms with Crippen LogP contribution in [0, 0.1) is 0 Å². The van der Waals surface area contributed by atoms with E-state index in [1.807, 2.05) is 0 Å². The fourth-order valence-electron chi connectivity index (χ4n) is 2.51. The second-order valence-electron chi connectivity index (χ2n) is 5.13. The predicted octanol–water partition coefficient (Wildman–Crippen LogP) is 2.91. The first-order valence-corrected chi connectivity index (χ1v) is 9.59. The highest BCUT2D eigenvalue weighted by Gasteiger charge is 2.28. The number of nitrogens with zero attached hydrogens (tertiary/aromatic N) is 2. The fourth-order valence-corrected chi connectivity index (χ4v) is 4.86. The zero-order valence-electron chi connectivity index (χ0n) is 12.1. The Balaban J connectivity index is 1.85. The van der Waals surface area contributed by atoms with Gasteiger partial charge in [-0.2, -0.15) is 0 Å². The molecule has 5 nitrogen and oxygen atoms in total. The van der Waals surface area contributed by atoms with Crippen LogP contribution in [0.4, 0.5) is 5.13 Å². The van der Waals surface area contributed by atoms with E-state index in [9.17, 15) is 8.42 Å². The van der Waals surface area contributed by atoms with Crippen molar-refractivity contribution < 1.29 is 13.2 Å². The van der Waals surface area contributed by atoms with Gasteiger partial charge in [-0.3, -0.25) is 0 Å². The highest BCUT2D eigenvalue weighted by molar-refractivity contribution is 7.93. The predicted molar refractivity (Wildman–Crippen MR) is 86.7 cm³/mol. The maximum absolute atomic E-state index is 12.9. The third-order valence-electron chi connectivity index (χ3n) is 3.64. The Hall–Kier alpha value is -1.44. The zero-order valence-corrected chi connectivity index (χ0v) is 13.7. The first-order valence-electron chi connectivity index (χ1n) is 7.27. The molecule has 1 fully saturated rings. The molecule has 1 atom stereocenters. The van der Waals surface area contributed by atoms with Crippen LogP contribution in [0.3, 0.4) is 0 Å². The normalized spacial score (nSPS) is 18.5. The number of anilines is 1. The molecular weight excluding hydrogens is 320 g/mol. The Kier molecular flexibility index (Phi) is 4.75. The van der Waals surface area contributed by atoms with Gasteiger partial charge in [0.15, 0.2) is 5.13 Å². The van der Waals surface area contributed by atoms with Crippen LogP contribution >= 0.6 is 11.3 Å². The topological polar surface area (TPSA) is 59.5 Å². The first kappa shape index (κ1) is 15.5. The van der Waals surface area contributed by atoms with Crippen LogP contribution in [-0.2, 0) is 14.8 Å². The first-order chi connectivity index (χ1) is 10.7. The van der Waals surface area contributed by atoms with Gasteiger partial charge in [-0.15, -0.1) is 11.3 Å². The molecule has 2 aromatic rings. The smallest absolute Gasteiger partial charge is 0.266 e. The number of benzene rings is 1. The lowest BCUT2D eigenvalue weighted by Crippen LogP contribution is -2.33. The van der Waals surface area contributed by atoms with Gasteiger partial charge in [0.25, 0.3) is 10.0 Å². The van der Waals surface area contributed by atoms with Crippen molar-refractivity contribution in [2.45, 2.75) is 30.3 Å². The molecule has 1 saturated heterocycles. The molecule has 1 aromatic heterocycles. The Morgan fingerprint density at radius 3 is 2.77 bits per heavy atom. The Bertz CT molecular complexity index is 681. The summed E-state index contributed by atoms with van der Waals surface area (Å²) < 4.78 is 32.8. The van der Waals surface area contributed by atoms with E-state index in [-0.39, 0.29) is 11.0 Å². The van der Waals surface area contributed by atoms with Crippen molar-refractivity contribution in [2.75, 3.05) is 17.5 Å². The van der Waals surface area contributed by atoms with Gasteiger partial charge in [0.05, 0.1) is 11.0 Å². The summed E-state index contributed by atoms with van der Waals surface area (Å²) in [5.41, 5.74) is 0. The third-order valence-corrected chi connectivity index (χ3v) is 6.36. The average molecular weight is 338 g/mol. The lowest BCUT2D eigenvalue weighted by atomic mass is 10.2. The zero-order chi connectivity index (χ0) is 15.4. The number of sulfonamides is 1. The van der Waals surface area contributed by atoms with E-state index in [4.69, 9.17) is 4.74 Å². The largest absolute Gasteiger partial charge is 0.378 e. The van der Waals surface area contributed by atoms with Crippen molar-refractivity contribution >= 4 is 26.5 Å². The Morgan fingerprint density at radius 2 is 2.14 bits per heavy atom. The number of ether oxygens (including phenoxy) is 1. The molecule has 0 radical (unpaired) electrons. The van der Waals surface area contributed by atoms with Crippen LogP contribution in [0.15, 0.2) is 46.8 Å². The van der Waals surface area contributed by atoms with Crippen molar-refractivity contribution in [3.8, 4) is 0 Å². The van der Waals surface area contributed by atoms with E-state index in [1.54, 1.807) is 41.9 Å². The lowest BCUT2D eigenvalue weighted by Gasteiger charge is -2.23. The molecule has 22 heavy (non-hydrogen) atoms. The molecule has 0 saturated carbocycles. The summed E-state index contributed by atoms with van der Waals surface area (Å²) in [6, 6.07) is 8.49. The van der Waals surface area contributed by atoms with Gasteiger partial charge in [-0.1, -0.05) is 18.2 Å². The summed E-state index contributed by atoms with van der Waals surface area (Å²) in [6.07, 6.45) is 4.50. The van der Waals surface area contributed by atoms with E-state index in [0.717, 1.165) is 19.4 Å². The van der Waals surface area contributed by atoms with Crippen molar-refractivity contribution in [3.05, 3.63) is 41.9 Å². The van der Waals surface area contributed by atoms with Gasteiger partial charge >= 0.3 is 0 Å². The van der Waals surface area contributed by atoms with E-state index in [2.05, 4.69) is 4.98 Å². The summed E-state index contributed by atoms with van der Waals surface area (Å²) in [6.45, 7) is 1.16. The highest BCUT2D eigenvalue weighted by atomic mass is 32.2. The molecule has 3 rings (SSSR count). The van der Waals surface area contributed by atoms with Gasteiger partial charge < -0.3 is 4.74 Å². The number of rotatable bonds is 6. The lowest BCUT2D eigenvalue weighted by molar-refractivity contribution is 0.106. The van der Waals surface area contributed by atoms with Crippen molar-refractivity contribution in [1.29, 1.82) is 0 Å². The monoisotopic (exact) mass is 338 g/mol. The minimum absolute atomic E-state index is 0.147. The third kappa shape index (κ3) is 3.31. The molecule has 1 aromatic carbocycles. The Morgan fingerprint density at radius 1 is 1.32 bits per heavy atom. The summed E-state index contributed by atoms with van der Waals surface area (Å²) in [5.74, 6) is 0. The van der Waals surface area contributed by atoms with E-state index in [1.165, 1.54) is 15.6 Å². The molecule has 118 valence electrons. The number of thiazole rings is 1. The maximum Gasteiger partial charge on any atom is 0.266 e. The molecule has 1 aliphatic rings.